The molecule has 1 aromatic rings. The summed E-state index contributed by atoms with van der Waals surface area (Å²) in [5.41, 5.74) is 0. The highest BCUT2D eigenvalue weighted by Crippen LogP contribution is 2.19. The Bertz CT molecular complexity index is 311. The predicted octanol–water partition coefficient (Wildman–Crippen LogP) is 3.24. The number of rotatable bonds is 6. The van der Waals surface area contributed by atoms with E-state index in [4.69, 9.17) is 4.74 Å². The van der Waals surface area contributed by atoms with Gasteiger partial charge in [-0.15, -0.1) is 0 Å². The van der Waals surface area contributed by atoms with Crippen molar-refractivity contribution in [2.45, 2.75) is 13.3 Å². The zero-order chi connectivity index (χ0) is 12.0. The Balaban J connectivity index is 2.45. The summed E-state index contributed by atoms with van der Waals surface area (Å²) >= 11 is 0. The van der Waals surface area contributed by atoms with E-state index in [2.05, 4.69) is 4.74 Å². The molecule has 1 rings (SSSR count). The second kappa shape index (κ2) is 5.68. The van der Waals surface area contributed by atoms with E-state index in [0.29, 0.717) is 12.4 Å². The van der Waals surface area contributed by atoms with Crippen LogP contribution in [0.4, 0.5) is 12.9 Å². The zero-order valence-corrected chi connectivity index (χ0v) is 8.96. The number of hydrogen-bond donors (Lipinski definition) is 0. The summed E-state index contributed by atoms with van der Waals surface area (Å²) in [5, 5.41) is 0. The fourth-order valence-electron chi connectivity index (χ4n) is 1.04. The molecule has 0 radical (unpaired) electrons. The lowest BCUT2D eigenvalue weighted by Crippen LogP contribution is -2.26. The summed E-state index contributed by atoms with van der Waals surface area (Å²) in [7, 11) is 0. The van der Waals surface area contributed by atoms with Crippen LogP contribution in [0.5, 0.6) is 11.5 Å². The van der Waals surface area contributed by atoms with Crippen LogP contribution in [0.3, 0.4) is 0 Å². The average molecular weight is 233 g/mol. The second-order valence-electron chi connectivity index (χ2n) is 3.34. The van der Waals surface area contributed by atoms with Gasteiger partial charge in [0, 0.05) is 0 Å². The molecular formula is C10H13BF3O2-. The smallest absolute Gasteiger partial charge is 0.515 e. The Labute approximate surface area is 92.4 Å². The summed E-state index contributed by atoms with van der Waals surface area (Å²) < 4.78 is 45.6. The maximum absolute atomic E-state index is 11.9. The third kappa shape index (κ3) is 4.95. The summed E-state index contributed by atoms with van der Waals surface area (Å²) in [4.78, 5) is 0. The topological polar surface area (TPSA) is 18.5 Å². The largest absolute Gasteiger partial charge is 0.522 e. The fraction of sp³-hybridized carbons (Fsp3) is 0.400. The SMILES string of the molecule is CCCOc1ccc(OC[B-](F)(F)F)cc1. The van der Waals surface area contributed by atoms with Crippen LogP contribution in [0.1, 0.15) is 13.3 Å². The molecule has 0 bridgehead atoms. The molecule has 90 valence electrons. The van der Waals surface area contributed by atoms with Crippen molar-refractivity contribution in [3.63, 3.8) is 0 Å². The van der Waals surface area contributed by atoms with E-state index in [1.807, 2.05) is 6.92 Å². The highest BCUT2D eigenvalue weighted by molar-refractivity contribution is 6.58. The van der Waals surface area contributed by atoms with E-state index < -0.39 is 13.5 Å². The predicted molar refractivity (Wildman–Crippen MR) is 56.8 cm³/mol. The van der Waals surface area contributed by atoms with E-state index in [9.17, 15) is 12.9 Å². The standard InChI is InChI=1S/C10H13BF3O2/c1-2-7-15-9-3-5-10(6-4-9)16-8-11(12,13)14/h3-6H,2,7-8H2,1H3/q-1. The van der Waals surface area contributed by atoms with Crippen molar-refractivity contribution in [1.82, 2.24) is 0 Å². The Hall–Kier alpha value is -1.33. The van der Waals surface area contributed by atoms with Crippen LogP contribution in [0.2, 0.25) is 0 Å². The molecule has 0 aliphatic rings. The normalized spacial score (nSPS) is 11.2. The molecule has 0 aliphatic heterocycles. The summed E-state index contributed by atoms with van der Waals surface area (Å²) in [5.74, 6) is 0.828. The summed E-state index contributed by atoms with van der Waals surface area (Å²) in [6, 6.07) is 6.11. The van der Waals surface area contributed by atoms with Crippen molar-refractivity contribution in [2.75, 3.05) is 13.1 Å². The Kier molecular flexibility index (Phi) is 4.52. The lowest BCUT2D eigenvalue weighted by atomic mass is 9.95. The lowest BCUT2D eigenvalue weighted by molar-refractivity contribution is 0.307. The Morgan fingerprint density at radius 3 is 1.94 bits per heavy atom. The first kappa shape index (κ1) is 12.7. The van der Waals surface area contributed by atoms with Gasteiger partial charge in [-0.05, 0) is 30.7 Å². The molecule has 0 aromatic heterocycles. The Morgan fingerprint density at radius 2 is 1.50 bits per heavy atom. The van der Waals surface area contributed by atoms with Gasteiger partial charge in [0.05, 0.1) is 13.1 Å². The molecule has 0 fully saturated rings. The van der Waals surface area contributed by atoms with Gasteiger partial charge in [0.2, 0.25) is 0 Å². The number of hydrogen-bond acceptors (Lipinski definition) is 2. The molecule has 16 heavy (non-hydrogen) atoms. The van der Waals surface area contributed by atoms with E-state index in [0.717, 1.165) is 6.42 Å². The van der Waals surface area contributed by atoms with Crippen LogP contribution in [-0.2, 0) is 0 Å². The third-order valence-electron chi connectivity index (χ3n) is 1.74. The monoisotopic (exact) mass is 233 g/mol. The summed E-state index contributed by atoms with van der Waals surface area (Å²) in [6.07, 6.45) is 0.884. The van der Waals surface area contributed by atoms with Crippen molar-refractivity contribution >= 4 is 6.98 Å². The minimum atomic E-state index is -4.90. The zero-order valence-electron chi connectivity index (χ0n) is 8.96. The quantitative estimate of drug-likeness (QED) is 0.702. The van der Waals surface area contributed by atoms with Gasteiger partial charge in [0.25, 0.3) is 0 Å². The molecule has 0 atom stereocenters. The van der Waals surface area contributed by atoms with Crippen LogP contribution in [0.15, 0.2) is 24.3 Å². The van der Waals surface area contributed by atoms with E-state index in [-0.39, 0.29) is 5.75 Å². The van der Waals surface area contributed by atoms with Gasteiger partial charge < -0.3 is 22.4 Å². The molecule has 0 amide bonds. The molecule has 0 saturated heterocycles. The maximum atomic E-state index is 11.9. The summed E-state index contributed by atoms with van der Waals surface area (Å²) in [6.45, 7) is -3.55. The van der Waals surface area contributed by atoms with Crippen LogP contribution >= 0.6 is 0 Å². The van der Waals surface area contributed by atoms with Crippen molar-refractivity contribution in [1.29, 1.82) is 0 Å². The number of ether oxygens (including phenoxy) is 2. The van der Waals surface area contributed by atoms with Crippen LogP contribution in [0, 0.1) is 0 Å². The van der Waals surface area contributed by atoms with Crippen molar-refractivity contribution in [2.24, 2.45) is 0 Å². The fourth-order valence-corrected chi connectivity index (χ4v) is 1.04. The van der Waals surface area contributed by atoms with E-state index >= 15 is 0 Å². The van der Waals surface area contributed by atoms with Crippen LogP contribution < -0.4 is 9.47 Å². The average Bonchev–Trinajstić information content (AvgIpc) is 2.24. The van der Waals surface area contributed by atoms with Crippen LogP contribution in [0.25, 0.3) is 0 Å². The van der Waals surface area contributed by atoms with E-state index in [1.165, 1.54) is 12.1 Å². The highest BCUT2D eigenvalue weighted by atomic mass is 19.4. The molecular weight excluding hydrogens is 220 g/mol. The van der Waals surface area contributed by atoms with Gasteiger partial charge in [-0.2, -0.15) is 0 Å². The number of halogens is 3. The lowest BCUT2D eigenvalue weighted by Gasteiger charge is -2.15. The molecule has 0 heterocycles. The molecule has 0 N–H and O–H groups in total. The van der Waals surface area contributed by atoms with Gasteiger partial charge in [0.1, 0.15) is 11.5 Å². The van der Waals surface area contributed by atoms with Crippen molar-refractivity contribution in [3.8, 4) is 11.5 Å². The van der Waals surface area contributed by atoms with Gasteiger partial charge in [-0.25, -0.2) is 0 Å². The molecule has 0 aliphatic carbocycles. The van der Waals surface area contributed by atoms with Gasteiger partial charge >= 0.3 is 6.98 Å². The molecule has 6 heteroatoms. The van der Waals surface area contributed by atoms with Gasteiger partial charge in [-0.1, -0.05) is 6.92 Å². The molecule has 2 nitrogen and oxygen atoms in total. The highest BCUT2D eigenvalue weighted by Gasteiger charge is 2.24. The van der Waals surface area contributed by atoms with E-state index in [1.54, 1.807) is 12.1 Å². The molecule has 0 unspecified atom stereocenters. The van der Waals surface area contributed by atoms with Crippen LogP contribution in [-0.4, -0.2) is 20.1 Å². The van der Waals surface area contributed by atoms with Gasteiger partial charge in [-0.3, -0.25) is 0 Å². The third-order valence-corrected chi connectivity index (χ3v) is 1.74. The Morgan fingerprint density at radius 1 is 1.00 bits per heavy atom. The maximum Gasteiger partial charge on any atom is 0.515 e. The molecule has 1 aromatic carbocycles. The van der Waals surface area contributed by atoms with Crippen molar-refractivity contribution < 1.29 is 22.4 Å². The first-order valence-electron chi connectivity index (χ1n) is 5.08. The minimum Gasteiger partial charge on any atom is -0.522 e. The second-order valence-corrected chi connectivity index (χ2v) is 3.34. The van der Waals surface area contributed by atoms with Gasteiger partial charge in [0.15, 0.2) is 0 Å². The molecule has 0 saturated carbocycles. The number of benzene rings is 1. The molecule has 0 spiro atoms. The first-order chi connectivity index (χ1) is 7.51. The first-order valence-corrected chi connectivity index (χ1v) is 5.08. The minimum absolute atomic E-state index is 0.197. The van der Waals surface area contributed by atoms with Crippen molar-refractivity contribution in [3.05, 3.63) is 24.3 Å².